The molecule has 2 aliphatic rings. The van der Waals surface area contributed by atoms with Gasteiger partial charge in [0.1, 0.15) is 0 Å². The number of nitrogens with two attached hydrogens (primary N) is 1. The van der Waals surface area contributed by atoms with Gasteiger partial charge >= 0.3 is 0 Å². The van der Waals surface area contributed by atoms with E-state index in [1.54, 1.807) is 10.4 Å². The predicted molar refractivity (Wildman–Crippen MR) is 91.7 cm³/mol. The Hall–Kier alpha value is -0.380. The molecule has 1 aromatic rings. The van der Waals surface area contributed by atoms with E-state index in [1.807, 2.05) is 11.3 Å². The largest absolute Gasteiger partial charge is 0.327 e. The van der Waals surface area contributed by atoms with E-state index in [-0.39, 0.29) is 0 Å². The number of fused-ring (bicyclic) bond motifs is 1. The van der Waals surface area contributed by atoms with Gasteiger partial charge in [0.2, 0.25) is 0 Å². The SMILES string of the molecule is CC(C)C1CCC(N)C(CN2CCc3sccc3C2C)C1. The van der Waals surface area contributed by atoms with Crippen LogP contribution in [0, 0.1) is 17.8 Å². The number of hydrogen-bond acceptors (Lipinski definition) is 3. The zero-order chi connectivity index (χ0) is 15.0. The summed E-state index contributed by atoms with van der Waals surface area (Å²) in [4.78, 5) is 4.29. The zero-order valence-electron chi connectivity index (χ0n) is 13.7. The molecule has 0 saturated heterocycles. The first-order valence-corrected chi connectivity index (χ1v) is 9.50. The summed E-state index contributed by atoms with van der Waals surface area (Å²) in [5.41, 5.74) is 8.02. The van der Waals surface area contributed by atoms with Crippen molar-refractivity contribution in [1.82, 2.24) is 4.90 Å². The summed E-state index contributed by atoms with van der Waals surface area (Å²) >= 11 is 1.93. The lowest BCUT2D eigenvalue weighted by Crippen LogP contribution is -2.45. The van der Waals surface area contributed by atoms with Gasteiger partial charge in [-0.1, -0.05) is 13.8 Å². The lowest BCUT2D eigenvalue weighted by molar-refractivity contribution is 0.109. The van der Waals surface area contributed by atoms with Gasteiger partial charge in [0.05, 0.1) is 0 Å². The van der Waals surface area contributed by atoms with Gasteiger partial charge in [0, 0.05) is 30.1 Å². The van der Waals surface area contributed by atoms with Crippen LogP contribution in [0.4, 0.5) is 0 Å². The normalized spacial score (nSPS) is 34.1. The molecule has 4 atom stereocenters. The van der Waals surface area contributed by atoms with Crippen LogP contribution >= 0.6 is 11.3 Å². The highest BCUT2D eigenvalue weighted by Gasteiger charge is 2.33. The van der Waals surface area contributed by atoms with Crippen LogP contribution in [0.1, 0.15) is 56.5 Å². The first-order chi connectivity index (χ1) is 10.1. The number of hydrogen-bond donors (Lipinski definition) is 1. The van der Waals surface area contributed by atoms with Crippen molar-refractivity contribution in [2.45, 2.75) is 58.5 Å². The highest BCUT2D eigenvalue weighted by atomic mass is 32.1. The summed E-state index contributed by atoms with van der Waals surface area (Å²) in [5.74, 6) is 2.38. The summed E-state index contributed by atoms with van der Waals surface area (Å²) in [6, 6.07) is 3.32. The minimum absolute atomic E-state index is 0.413. The fourth-order valence-corrected chi connectivity index (χ4v) is 5.21. The smallest absolute Gasteiger partial charge is 0.0331 e. The molecule has 3 heteroatoms. The van der Waals surface area contributed by atoms with Gasteiger partial charge in [-0.2, -0.15) is 0 Å². The highest BCUT2D eigenvalue weighted by Crippen LogP contribution is 2.37. The lowest BCUT2D eigenvalue weighted by Gasteiger charge is -2.41. The molecule has 1 fully saturated rings. The third-order valence-electron chi connectivity index (χ3n) is 5.90. The number of nitrogens with zero attached hydrogens (tertiary/aromatic N) is 1. The molecule has 2 nitrogen and oxygen atoms in total. The molecule has 21 heavy (non-hydrogen) atoms. The second-order valence-corrected chi connectivity index (χ2v) is 8.46. The predicted octanol–water partition coefficient (Wildman–Crippen LogP) is 4.07. The third kappa shape index (κ3) is 3.20. The quantitative estimate of drug-likeness (QED) is 0.912. The second-order valence-electron chi connectivity index (χ2n) is 7.46. The molecule has 0 spiro atoms. The summed E-state index contributed by atoms with van der Waals surface area (Å²) in [5, 5.41) is 2.26. The van der Waals surface area contributed by atoms with Crippen molar-refractivity contribution in [3.63, 3.8) is 0 Å². The second kappa shape index (κ2) is 6.39. The molecule has 1 aliphatic heterocycles. The van der Waals surface area contributed by atoms with Crippen LogP contribution in [0.5, 0.6) is 0 Å². The Balaban J connectivity index is 1.66. The molecule has 0 bridgehead atoms. The van der Waals surface area contributed by atoms with Gasteiger partial charge in [-0.25, -0.2) is 0 Å². The molecule has 4 unspecified atom stereocenters. The maximum Gasteiger partial charge on any atom is 0.0331 e. The van der Waals surface area contributed by atoms with E-state index in [1.165, 1.54) is 38.8 Å². The highest BCUT2D eigenvalue weighted by molar-refractivity contribution is 7.10. The van der Waals surface area contributed by atoms with E-state index in [0.717, 1.165) is 11.8 Å². The van der Waals surface area contributed by atoms with Crippen LogP contribution in [0.25, 0.3) is 0 Å². The molecule has 0 radical (unpaired) electrons. The van der Waals surface area contributed by atoms with Gasteiger partial charge in [-0.15, -0.1) is 11.3 Å². The van der Waals surface area contributed by atoms with Gasteiger partial charge in [0.25, 0.3) is 0 Å². The van der Waals surface area contributed by atoms with Crippen LogP contribution < -0.4 is 5.73 Å². The maximum atomic E-state index is 6.45. The first kappa shape index (κ1) is 15.5. The Morgan fingerprint density at radius 3 is 2.95 bits per heavy atom. The lowest BCUT2D eigenvalue weighted by atomic mass is 9.73. The third-order valence-corrected chi connectivity index (χ3v) is 6.89. The van der Waals surface area contributed by atoms with E-state index in [2.05, 4.69) is 37.1 Å². The van der Waals surface area contributed by atoms with Crippen molar-refractivity contribution in [2.24, 2.45) is 23.5 Å². The maximum absolute atomic E-state index is 6.45. The van der Waals surface area contributed by atoms with Gasteiger partial charge in [-0.05, 0) is 67.4 Å². The Labute approximate surface area is 133 Å². The minimum Gasteiger partial charge on any atom is -0.327 e. The topological polar surface area (TPSA) is 29.3 Å². The zero-order valence-corrected chi connectivity index (χ0v) is 14.5. The van der Waals surface area contributed by atoms with E-state index >= 15 is 0 Å². The van der Waals surface area contributed by atoms with Crippen LogP contribution in [0.2, 0.25) is 0 Å². The van der Waals surface area contributed by atoms with Crippen molar-refractivity contribution in [1.29, 1.82) is 0 Å². The Morgan fingerprint density at radius 1 is 1.38 bits per heavy atom. The Kier molecular flexibility index (Phi) is 4.72. The first-order valence-electron chi connectivity index (χ1n) is 8.62. The van der Waals surface area contributed by atoms with E-state index in [0.29, 0.717) is 18.0 Å². The summed E-state index contributed by atoms with van der Waals surface area (Å²) in [6.07, 6.45) is 5.12. The van der Waals surface area contributed by atoms with E-state index < -0.39 is 0 Å². The molecule has 118 valence electrons. The fraction of sp³-hybridized carbons (Fsp3) is 0.778. The van der Waals surface area contributed by atoms with Crippen LogP contribution in [-0.4, -0.2) is 24.0 Å². The minimum atomic E-state index is 0.413. The van der Waals surface area contributed by atoms with E-state index in [9.17, 15) is 0 Å². The monoisotopic (exact) mass is 306 g/mol. The molecule has 1 aliphatic carbocycles. The molecule has 2 N–H and O–H groups in total. The van der Waals surface area contributed by atoms with Crippen molar-refractivity contribution in [3.05, 3.63) is 21.9 Å². The van der Waals surface area contributed by atoms with Gasteiger partial charge < -0.3 is 5.73 Å². The van der Waals surface area contributed by atoms with Crippen LogP contribution in [0.3, 0.4) is 0 Å². The molecule has 2 heterocycles. The van der Waals surface area contributed by atoms with Crippen molar-refractivity contribution in [2.75, 3.05) is 13.1 Å². The summed E-state index contributed by atoms with van der Waals surface area (Å²) in [6.45, 7) is 9.53. The number of thiophene rings is 1. The fourth-order valence-electron chi connectivity index (χ4n) is 4.25. The number of rotatable bonds is 3. The van der Waals surface area contributed by atoms with Gasteiger partial charge in [0.15, 0.2) is 0 Å². The van der Waals surface area contributed by atoms with Crippen molar-refractivity contribution >= 4 is 11.3 Å². The van der Waals surface area contributed by atoms with Crippen LogP contribution in [-0.2, 0) is 6.42 Å². The molecular formula is C18H30N2S. The molecule has 1 aromatic heterocycles. The Bertz CT molecular complexity index is 468. The standard InChI is InChI=1S/C18H30N2S/c1-12(2)14-4-5-17(19)15(10-14)11-20-8-6-18-16(13(20)3)7-9-21-18/h7,9,12-15,17H,4-6,8,10-11,19H2,1-3H3. The van der Waals surface area contributed by atoms with E-state index in [4.69, 9.17) is 5.73 Å². The van der Waals surface area contributed by atoms with Crippen molar-refractivity contribution < 1.29 is 0 Å². The summed E-state index contributed by atoms with van der Waals surface area (Å²) < 4.78 is 0. The average molecular weight is 307 g/mol. The van der Waals surface area contributed by atoms with Gasteiger partial charge in [-0.3, -0.25) is 4.90 Å². The average Bonchev–Trinajstić information content (AvgIpc) is 2.93. The molecule has 0 amide bonds. The molecule has 0 aromatic carbocycles. The molecular weight excluding hydrogens is 276 g/mol. The molecule has 3 rings (SSSR count). The van der Waals surface area contributed by atoms with Crippen molar-refractivity contribution in [3.8, 4) is 0 Å². The molecule has 1 saturated carbocycles. The van der Waals surface area contributed by atoms with Crippen LogP contribution in [0.15, 0.2) is 11.4 Å². The summed E-state index contributed by atoms with van der Waals surface area (Å²) in [7, 11) is 0. The Morgan fingerprint density at radius 2 is 2.19 bits per heavy atom.